The third-order valence-electron chi connectivity index (χ3n) is 7.68. The molecule has 2 aromatic heterocycles. The Labute approximate surface area is 236 Å². The number of rotatable bonds is 6. The Bertz CT molecular complexity index is 1790. The monoisotopic (exact) mass is 546 g/mol. The first-order valence-corrected chi connectivity index (χ1v) is 13.7. The number of carbonyl (C=O) groups excluding carboxylic acids is 2. The minimum absolute atomic E-state index is 0.0960. The van der Waals surface area contributed by atoms with Crippen molar-refractivity contribution in [3.63, 3.8) is 0 Å². The van der Waals surface area contributed by atoms with Gasteiger partial charge in [0.1, 0.15) is 18.6 Å². The Morgan fingerprint density at radius 3 is 2.54 bits per heavy atom. The topological polar surface area (TPSA) is 102 Å². The summed E-state index contributed by atoms with van der Waals surface area (Å²) in [4.78, 5) is 34.3. The third kappa shape index (κ3) is 4.26. The molecule has 0 amide bonds. The van der Waals surface area contributed by atoms with E-state index in [0.29, 0.717) is 51.3 Å². The number of H-pyrrole nitrogens is 1. The van der Waals surface area contributed by atoms with Gasteiger partial charge < -0.3 is 19.5 Å². The van der Waals surface area contributed by atoms with Gasteiger partial charge in [0.25, 0.3) is 5.82 Å². The van der Waals surface area contributed by atoms with Gasteiger partial charge in [-0.25, -0.2) is 9.78 Å². The molecule has 1 fully saturated rings. The second-order valence-corrected chi connectivity index (χ2v) is 10.1. The SMILES string of the molecule is CCOC(=O)c1cccc(Nc2cc(N3CCN(c4cccc[nH+]4)CC3)c3noc4c3c2C(=O)c2ccccc2-4)c1. The van der Waals surface area contributed by atoms with E-state index in [-0.39, 0.29) is 5.78 Å². The first kappa shape index (κ1) is 24.8. The average Bonchev–Trinajstić information content (AvgIpc) is 3.46. The summed E-state index contributed by atoms with van der Waals surface area (Å²) in [6.07, 6.45) is 1.93. The van der Waals surface area contributed by atoms with Crippen LogP contribution in [0.15, 0.2) is 83.5 Å². The molecule has 1 saturated heterocycles. The van der Waals surface area contributed by atoms with E-state index in [1.807, 2.05) is 54.7 Å². The number of ether oxygens (including phenoxy) is 1. The first-order valence-electron chi connectivity index (χ1n) is 13.7. The van der Waals surface area contributed by atoms with E-state index in [1.54, 1.807) is 25.1 Å². The van der Waals surface area contributed by atoms with Crippen LogP contribution in [0.3, 0.4) is 0 Å². The van der Waals surface area contributed by atoms with E-state index in [2.05, 4.69) is 31.3 Å². The Kier molecular flexibility index (Phi) is 6.11. The second kappa shape index (κ2) is 10.1. The highest BCUT2D eigenvalue weighted by Crippen LogP contribution is 2.46. The van der Waals surface area contributed by atoms with E-state index in [1.165, 1.54) is 0 Å². The number of piperazine rings is 1. The predicted octanol–water partition coefficient (Wildman–Crippen LogP) is 5.10. The maximum Gasteiger partial charge on any atom is 0.338 e. The minimum atomic E-state index is -0.395. The highest BCUT2D eigenvalue weighted by Gasteiger charge is 2.35. The summed E-state index contributed by atoms with van der Waals surface area (Å²) >= 11 is 0. The number of nitrogens with one attached hydrogen (secondary N) is 2. The van der Waals surface area contributed by atoms with Crippen molar-refractivity contribution in [1.29, 1.82) is 0 Å². The van der Waals surface area contributed by atoms with Crippen LogP contribution in [-0.2, 0) is 4.74 Å². The molecule has 1 aliphatic carbocycles. The minimum Gasteiger partial charge on any atom is -0.462 e. The van der Waals surface area contributed by atoms with Crippen LogP contribution in [0.25, 0.3) is 22.2 Å². The highest BCUT2D eigenvalue weighted by molar-refractivity contribution is 6.28. The summed E-state index contributed by atoms with van der Waals surface area (Å²) in [6.45, 7) is 5.24. The molecule has 2 aliphatic rings. The van der Waals surface area contributed by atoms with E-state index >= 15 is 0 Å². The van der Waals surface area contributed by atoms with Crippen LogP contribution in [0.2, 0.25) is 0 Å². The fourth-order valence-corrected chi connectivity index (χ4v) is 5.74. The Balaban J connectivity index is 1.32. The molecule has 3 heterocycles. The number of fused-ring (bicyclic) bond motifs is 2. The second-order valence-electron chi connectivity index (χ2n) is 10.1. The number of hydrogen-bond donors (Lipinski definition) is 1. The highest BCUT2D eigenvalue weighted by atomic mass is 16.5. The number of nitrogens with zero attached hydrogens (tertiary/aromatic N) is 3. The molecule has 0 bridgehead atoms. The molecule has 0 atom stereocenters. The summed E-state index contributed by atoms with van der Waals surface area (Å²) in [5, 5.41) is 8.65. The standard InChI is InChI=1S/C32H27N5O4/c1-2-40-32(39)20-8-7-9-21(18-20)34-24-19-25(36-14-16-37(17-15-36)26-12-5-6-13-33-26)29-28-27(24)30(38)22-10-3-4-11-23(22)31(28)41-35-29/h3-13,18-19,34H,2,14-17H2,1H3/p+1. The molecule has 204 valence electrons. The van der Waals surface area contributed by atoms with Crippen LogP contribution in [0, 0.1) is 0 Å². The zero-order chi connectivity index (χ0) is 27.9. The zero-order valence-corrected chi connectivity index (χ0v) is 22.5. The lowest BCUT2D eigenvalue weighted by atomic mass is 9.86. The molecule has 0 radical (unpaired) electrons. The van der Waals surface area contributed by atoms with Crippen molar-refractivity contribution in [2.24, 2.45) is 0 Å². The number of ketones is 1. The number of carbonyl (C=O) groups is 2. The first-order chi connectivity index (χ1) is 20.1. The summed E-state index contributed by atoms with van der Waals surface area (Å²) in [5.74, 6) is 1.18. The van der Waals surface area contributed by atoms with Crippen molar-refractivity contribution < 1.29 is 23.8 Å². The number of aromatic amines is 1. The Hall–Kier alpha value is -5.18. The number of esters is 1. The number of pyridine rings is 1. The molecule has 41 heavy (non-hydrogen) atoms. The summed E-state index contributed by atoms with van der Waals surface area (Å²) in [6, 6.07) is 22.6. The van der Waals surface area contributed by atoms with Crippen LogP contribution < -0.4 is 20.1 Å². The van der Waals surface area contributed by atoms with Gasteiger partial charge in [-0.3, -0.25) is 9.69 Å². The fourth-order valence-electron chi connectivity index (χ4n) is 5.74. The van der Waals surface area contributed by atoms with Crippen LogP contribution in [0.1, 0.15) is 33.2 Å². The van der Waals surface area contributed by atoms with Gasteiger partial charge in [-0.2, -0.15) is 0 Å². The average molecular weight is 547 g/mol. The molecule has 5 aromatic rings. The molecule has 0 spiro atoms. The van der Waals surface area contributed by atoms with E-state index in [4.69, 9.17) is 9.26 Å². The molecular weight excluding hydrogens is 518 g/mol. The van der Waals surface area contributed by atoms with Crippen LogP contribution >= 0.6 is 0 Å². The van der Waals surface area contributed by atoms with Gasteiger partial charge in [0.2, 0.25) is 0 Å². The van der Waals surface area contributed by atoms with Crippen LogP contribution in [0.5, 0.6) is 0 Å². The molecule has 7 rings (SSSR count). The molecule has 9 nitrogen and oxygen atoms in total. The van der Waals surface area contributed by atoms with Gasteiger partial charge in [-0.1, -0.05) is 41.6 Å². The number of anilines is 4. The fraction of sp³-hybridized carbons (Fsp3) is 0.188. The summed E-state index contributed by atoms with van der Waals surface area (Å²) in [5.41, 5.74) is 5.13. The van der Waals surface area contributed by atoms with E-state index in [0.717, 1.165) is 43.2 Å². The molecule has 9 heteroatoms. The quantitative estimate of drug-likeness (QED) is 0.288. The van der Waals surface area contributed by atoms with Crippen molar-refractivity contribution in [1.82, 2.24) is 5.16 Å². The predicted molar refractivity (Wildman–Crippen MR) is 156 cm³/mol. The summed E-state index contributed by atoms with van der Waals surface area (Å²) in [7, 11) is 0. The lowest BCUT2D eigenvalue weighted by Gasteiger charge is -2.33. The van der Waals surface area contributed by atoms with Crippen molar-refractivity contribution in [2.45, 2.75) is 6.92 Å². The van der Waals surface area contributed by atoms with Gasteiger partial charge in [-0.05, 0) is 37.3 Å². The van der Waals surface area contributed by atoms with Gasteiger partial charge >= 0.3 is 5.97 Å². The molecule has 1 aliphatic heterocycles. The van der Waals surface area contributed by atoms with E-state index in [9.17, 15) is 9.59 Å². The maximum atomic E-state index is 13.9. The smallest absolute Gasteiger partial charge is 0.338 e. The molecule has 0 saturated carbocycles. The van der Waals surface area contributed by atoms with Gasteiger partial charge in [-0.15, -0.1) is 0 Å². The van der Waals surface area contributed by atoms with Crippen molar-refractivity contribution in [2.75, 3.05) is 47.9 Å². The largest absolute Gasteiger partial charge is 0.462 e. The van der Waals surface area contributed by atoms with E-state index < -0.39 is 5.97 Å². The zero-order valence-electron chi connectivity index (χ0n) is 22.5. The van der Waals surface area contributed by atoms with Gasteiger partial charge in [0, 0.05) is 22.9 Å². The number of benzene rings is 3. The third-order valence-corrected chi connectivity index (χ3v) is 7.68. The van der Waals surface area contributed by atoms with Crippen LogP contribution in [0.4, 0.5) is 22.9 Å². The normalized spacial score (nSPS) is 14.2. The molecule has 3 aromatic carbocycles. The van der Waals surface area contributed by atoms with Crippen molar-refractivity contribution in [3.05, 3.63) is 95.7 Å². The Morgan fingerprint density at radius 1 is 0.976 bits per heavy atom. The Morgan fingerprint density at radius 2 is 1.76 bits per heavy atom. The molecule has 0 unspecified atom stereocenters. The lowest BCUT2D eigenvalue weighted by Crippen LogP contribution is -2.48. The molecular formula is C32H28N5O4+. The van der Waals surface area contributed by atoms with Gasteiger partial charge in [0.15, 0.2) is 11.5 Å². The maximum absolute atomic E-state index is 13.9. The number of hydrogen-bond acceptors (Lipinski definition) is 8. The van der Waals surface area contributed by atoms with Gasteiger partial charge in [0.05, 0.1) is 53.8 Å². The number of aromatic nitrogens is 2. The van der Waals surface area contributed by atoms with Crippen molar-refractivity contribution in [3.8, 4) is 11.3 Å². The van der Waals surface area contributed by atoms with Crippen molar-refractivity contribution >= 4 is 45.5 Å². The summed E-state index contributed by atoms with van der Waals surface area (Å²) < 4.78 is 11.1. The lowest BCUT2D eigenvalue weighted by molar-refractivity contribution is -0.364. The molecule has 2 N–H and O–H groups in total. The van der Waals surface area contributed by atoms with Crippen LogP contribution in [-0.4, -0.2) is 49.7 Å².